The lowest BCUT2D eigenvalue weighted by Gasteiger charge is -2.22. The van der Waals surface area contributed by atoms with Crippen LogP contribution in [0, 0.1) is 17.8 Å². The second kappa shape index (κ2) is 7.31. The van der Waals surface area contributed by atoms with Crippen LogP contribution in [0.1, 0.15) is 73.1 Å². The Balaban J connectivity index is 3.31. The van der Waals surface area contributed by atoms with E-state index in [9.17, 15) is 0 Å². The topological polar surface area (TPSA) is 0 Å². The molecule has 0 rings (SSSR count). The molecule has 0 aromatic carbocycles. The summed E-state index contributed by atoms with van der Waals surface area (Å²) in [4.78, 5) is 0. The molecule has 85 valence electrons. The van der Waals surface area contributed by atoms with Gasteiger partial charge in [-0.2, -0.15) is 0 Å². The standard InChI is InChI=1S/C14H29/c1-6-7-8-9-10-11-13(2)12-14(3,4)5/h12-13H,6-11H2,1-5H3. The zero-order valence-corrected chi connectivity index (χ0v) is 10.9. The maximum absolute atomic E-state index is 2.49. The van der Waals surface area contributed by atoms with Crippen LogP contribution in [-0.4, -0.2) is 0 Å². The third kappa shape index (κ3) is 10.1. The second-order valence-corrected chi connectivity index (χ2v) is 5.71. The van der Waals surface area contributed by atoms with Gasteiger partial charge in [-0.15, -0.1) is 0 Å². The van der Waals surface area contributed by atoms with Gasteiger partial charge in [-0.05, 0) is 17.8 Å². The normalized spacial score (nSPS) is 14.4. The van der Waals surface area contributed by atoms with Crippen molar-refractivity contribution in [2.24, 2.45) is 11.3 Å². The highest BCUT2D eigenvalue weighted by Crippen LogP contribution is 2.26. The van der Waals surface area contributed by atoms with E-state index in [1.54, 1.807) is 0 Å². The maximum Gasteiger partial charge on any atom is -0.0304 e. The van der Waals surface area contributed by atoms with Crippen LogP contribution in [-0.2, 0) is 0 Å². The van der Waals surface area contributed by atoms with E-state index in [0.717, 1.165) is 5.92 Å². The van der Waals surface area contributed by atoms with Gasteiger partial charge in [0.1, 0.15) is 0 Å². The van der Waals surface area contributed by atoms with Gasteiger partial charge < -0.3 is 0 Å². The van der Waals surface area contributed by atoms with Crippen molar-refractivity contribution in [3.63, 3.8) is 0 Å². The molecular weight excluding hydrogens is 168 g/mol. The van der Waals surface area contributed by atoms with E-state index in [-0.39, 0.29) is 0 Å². The van der Waals surface area contributed by atoms with Crippen molar-refractivity contribution in [3.05, 3.63) is 6.42 Å². The zero-order valence-electron chi connectivity index (χ0n) is 10.9. The predicted molar refractivity (Wildman–Crippen MR) is 66.3 cm³/mol. The van der Waals surface area contributed by atoms with Crippen LogP contribution in [0.5, 0.6) is 0 Å². The first-order valence-electron chi connectivity index (χ1n) is 6.31. The summed E-state index contributed by atoms with van der Waals surface area (Å²) in [7, 11) is 0. The first-order chi connectivity index (χ1) is 6.45. The molecule has 0 saturated heterocycles. The summed E-state index contributed by atoms with van der Waals surface area (Å²) in [5.41, 5.74) is 0.392. The molecule has 0 heterocycles. The smallest absolute Gasteiger partial charge is 0.0304 e. The Kier molecular flexibility index (Phi) is 7.31. The van der Waals surface area contributed by atoms with Crippen LogP contribution in [0.4, 0.5) is 0 Å². The third-order valence-corrected chi connectivity index (χ3v) is 2.55. The minimum Gasteiger partial charge on any atom is -0.0654 e. The summed E-state index contributed by atoms with van der Waals surface area (Å²) in [6.45, 7) is 11.5. The minimum atomic E-state index is 0.392. The molecule has 0 heteroatoms. The molecule has 0 amide bonds. The van der Waals surface area contributed by atoms with Crippen molar-refractivity contribution >= 4 is 0 Å². The van der Waals surface area contributed by atoms with Crippen molar-refractivity contribution in [2.75, 3.05) is 0 Å². The highest BCUT2D eigenvalue weighted by molar-refractivity contribution is 4.84. The maximum atomic E-state index is 2.49. The highest BCUT2D eigenvalue weighted by atomic mass is 14.2. The van der Waals surface area contributed by atoms with Crippen LogP contribution in [0.15, 0.2) is 0 Å². The molecule has 0 aliphatic rings. The molecule has 0 saturated carbocycles. The van der Waals surface area contributed by atoms with Crippen molar-refractivity contribution in [3.8, 4) is 0 Å². The average molecular weight is 197 g/mol. The van der Waals surface area contributed by atoms with Crippen LogP contribution < -0.4 is 0 Å². The van der Waals surface area contributed by atoms with Crippen molar-refractivity contribution in [1.29, 1.82) is 0 Å². The molecule has 0 bridgehead atoms. The quantitative estimate of drug-likeness (QED) is 0.490. The first kappa shape index (κ1) is 14.0. The molecule has 0 aromatic rings. The van der Waals surface area contributed by atoms with E-state index in [4.69, 9.17) is 0 Å². The Bertz CT molecular complexity index is 118. The van der Waals surface area contributed by atoms with E-state index in [1.807, 2.05) is 0 Å². The number of unbranched alkanes of at least 4 members (excludes halogenated alkanes) is 4. The summed E-state index contributed by atoms with van der Waals surface area (Å²) < 4.78 is 0. The van der Waals surface area contributed by atoms with Gasteiger partial charge in [0.2, 0.25) is 0 Å². The fourth-order valence-corrected chi connectivity index (χ4v) is 2.01. The highest BCUT2D eigenvalue weighted by Gasteiger charge is 2.14. The fraction of sp³-hybridized carbons (Fsp3) is 0.929. The first-order valence-corrected chi connectivity index (χ1v) is 6.31. The molecule has 14 heavy (non-hydrogen) atoms. The molecule has 1 unspecified atom stereocenters. The van der Waals surface area contributed by atoms with E-state index >= 15 is 0 Å². The van der Waals surface area contributed by atoms with Gasteiger partial charge >= 0.3 is 0 Å². The molecule has 1 radical (unpaired) electrons. The molecular formula is C14H29. The molecule has 1 atom stereocenters. The van der Waals surface area contributed by atoms with Gasteiger partial charge in [0.25, 0.3) is 0 Å². The largest absolute Gasteiger partial charge is 0.0654 e. The number of rotatable bonds is 7. The Labute approximate surface area is 91.5 Å². The van der Waals surface area contributed by atoms with Crippen LogP contribution in [0.2, 0.25) is 0 Å². The van der Waals surface area contributed by atoms with Crippen LogP contribution in [0.25, 0.3) is 0 Å². The molecule has 0 aromatic heterocycles. The van der Waals surface area contributed by atoms with E-state index in [0.29, 0.717) is 5.41 Å². The zero-order chi connectivity index (χ0) is 11.0. The summed E-state index contributed by atoms with van der Waals surface area (Å²) >= 11 is 0. The number of hydrogen-bond donors (Lipinski definition) is 0. The lowest BCUT2D eigenvalue weighted by molar-refractivity contribution is 0.401. The summed E-state index contributed by atoms with van der Waals surface area (Å²) in [6, 6.07) is 0. The Hall–Kier alpha value is 0. The lowest BCUT2D eigenvalue weighted by Crippen LogP contribution is -2.12. The van der Waals surface area contributed by atoms with Crippen LogP contribution >= 0.6 is 0 Å². The van der Waals surface area contributed by atoms with Gasteiger partial charge in [-0.3, -0.25) is 0 Å². The predicted octanol–water partition coefficient (Wildman–Crippen LogP) is 5.23. The van der Waals surface area contributed by atoms with Crippen molar-refractivity contribution in [1.82, 2.24) is 0 Å². The van der Waals surface area contributed by atoms with Gasteiger partial charge in [0.05, 0.1) is 0 Å². The van der Waals surface area contributed by atoms with E-state index < -0.39 is 0 Å². The third-order valence-electron chi connectivity index (χ3n) is 2.55. The van der Waals surface area contributed by atoms with Gasteiger partial charge in [0.15, 0.2) is 0 Å². The van der Waals surface area contributed by atoms with E-state index in [2.05, 4.69) is 41.0 Å². The van der Waals surface area contributed by atoms with Gasteiger partial charge in [-0.25, -0.2) is 0 Å². The Morgan fingerprint density at radius 2 is 1.57 bits per heavy atom. The SMILES string of the molecule is CCCCCCCC(C)[CH]C(C)(C)C. The van der Waals surface area contributed by atoms with Crippen molar-refractivity contribution in [2.45, 2.75) is 73.1 Å². The van der Waals surface area contributed by atoms with E-state index in [1.165, 1.54) is 38.5 Å². The summed E-state index contributed by atoms with van der Waals surface area (Å²) in [5, 5.41) is 0. The molecule has 0 aliphatic heterocycles. The second-order valence-electron chi connectivity index (χ2n) is 5.71. The monoisotopic (exact) mass is 197 g/mol. The van der Waals surface area contributed by atoms with Gasteiger partial charge in [-0.1, -0.05) is 73.1 Å². The summed E-state index contributed by atoms with van der Waals surface area (Å²) in [6.07, 6.45) is 10.9. The molecule has 0 N–H and O–H groups in total. The molecule has 0 spiro atoms. The Morgan fingerprint density at radius 1 is 1.00 bits per heavy atom. The lowest BCUT2D eigenvalue weighted by atomic mass is 9.83. The van der Waals surface area contributed by atoms with Crippen LogP contribution in [0.3, 0.4) is 0 Å². The fourth-order valence-electron chi connectivity index (χ4n) is 2.01. The minimum absolute atomic E-state index is 0.392. The summed E-state index contributed by atoms with van der Waals surface area (Å²) in [5.74, 6) is 0.789. The molecule has 0 fully saturated rings. The molecule has 0 nitrogen and oxygen atoms in total. The Morgan fingerprint density at radius 3 is 2.07 bits per heavy atom. The van der Waals surface area contributed by atoms with Crippen molar-refractivity contribution < 1.29 is 0 Å². The number of hydrogen-bond acceptors (Lipinski definition) is 0. The average Bonchev–Trinajstić information content (AvgIpc) is 2.00. The van der Waals surface area contributed by atoms with Gasteiger partial charge in [0, 0.05) is 0 Å². The molecule has 0 aliphatic carbocycles.